The van der Waals surface area contributed by atoms with E-state index in [1.807, 2.05) is 0 Å². The normalized spacial score (nSPS) is 12.2. The van der Waals surface area contributed by atoms with E-state index in [-0.39, 0.29) is 31.1 Å². The molecule has 6 nitrogen and oxygen atoms in total. The Morgan fingerprint density at radius 3 is 0.836 bits per heavy atom. The molecule has 0 aliphatic rings. The second-order valence-electron chi connectivity index (χ2n) is 22.0. The molecule has 73 heavy (non-hydrogen) atoms. The van der Waals surface area contributed by atoms with Crippen molar-refractivity contribution >= 4 is 17.9 Å². The number of hydrogen-bond donors (Lipinski definition) is 0. The van der Waals surface area contributed by atoms with Crippen LogP contribution in [0.5, 0.6) is 0 Å². The van der Waals surface area contributed by atoms with E-state index in [9.17, 15) is 14.4 Å². The van der Waals surface area contributed by atoms with Crippen molar-refractivity contribution in [2.24, 2.45) is 0 Å². The Kier molecular flexibility index (Phi) is 60.2. The van der Waals surface area contributed by atoms with Crippen LogP contribution in [0.15, 0.2) is 36.5 Å². The summed E-state index contributed by atoms with van der Waals surface area (Å²) >= 11 is 0. The predicted molar refractivity (Wildman–Crippen MR) is 316 cm³/mol. The minimum atomic E-state index is -0.776. The summed E-state index contributed by atoms with van der Waals surface area (Å²) in [5, 5.41) is 0. The predicted octanol–water partition coefficient (Wildman–Crippen LogP) is 22.0. The lowest BCUT2D eigenvalue weighted by Gasteiger charge is -2.18. The van der Waals surface area contributed by atoms with E-state index in [4.69, 9.17) is 14.2 Å². The topological polar surface area (TPSA) is 78.9 Å². The summed E-state index contributed by atoms with van der Waals surface area (Å²) in [5.74, 6) is -0.886. The minimum Gasteiger partial charge on any atom is -0.462 e. The van der Waals surface area contributed by atoms with Crippen molar-refractivity contribution < 1.29 is 28.6 Å². The van der Waals surface area contributed by atoms with Crippen molar-refractivity contribution in [2.75, 3.05) is 13.2 Å². The molecule has 0 saturated carbocycles. The molecule has 0 fully saturated rings. The van der Waals surface area contributed by atoms with Gasteiger partial charge >= 0.3 is 17.9 Å². The van der Waals surface area contributed by atoms with Gasteiger partial charge in [-0.25, -0.2) is 0 Å². The van der Waals surface area contributed by atoms with Crippen LogP contribution in [-0.4, -0.2) is 37.2 Å². The molecule has 0 bridgehead atoms. The molecule has 428 valence electrons. The van der Waals surface area contributed by atoms with Gasteiger partial charge in [0.25, 0.3) is 0 Å². The zero-order chi connectivity index (χ0) is 52.9. The molecule has 0 saturated heterocycles. The fraction of sp³-hybridized carbons (Fsp3) is 0.866. The van der Waals surface area contributed by atoms with E-state index in [1.165, 1.54) is 218 Å². The molecule has 6 heteroatoms. The Balaban J connectivity index is 3.88. The molecule has 0 aliphatic heterocycles. The largest absolute Gasteiger partial charge is 0.462 e. The highest BCUT2D eigenvalue weighted by molar-refractivity contribution is 5.71. The van der Waals surface area contributed by atoms with Crippen LogP contribution in [0.2, 0.25) is 0 Å². The Labute approximate surface area is 455 Å². The molecule has 0 spiro atoms. The lowest BCUT2D eigenvalue weighted by atomic mass is 10.0. The standard InChI is InChI=1S/C67H124O6/c1-4-7-10-13-16-18-20-22-24-25-26-27-28-29-30-31-32-33-34-35-36-37-38-39-40-41-42-44-45-47-49-51-54-57-60-66(69)72-63-64(62-71-65(68)59-56-53-15-12-9-6-3)73-67(70)61-58-55-52-50-48-46-43-23-21-19-17-14-11-8-5-2/h8,11,17,19,23,43,64H,4-7,9-10,12-16,18,20-22,24-42,44-63H2,1-3H3/b11-8-,19-17-,43-23-. The van der Waals surface area contributed by atoms with Gasteiger partial charge in [-0.2, -0.15) is 0 Å². The first-order valence-corrected chi connectivity index (χ1v) is 32.5. The summed E-state index contributed by atoms with van der Waals surface area (Å²) < 4.78 is 16.8. The van der Waals surface area contributed by atoms with E-state index < -0.39 is 6.10 Å². The summed E-state index contributed by atoms with van der Waals surface area (Å²) in [7, 11) is 0. The van der Waals surface area contributed by atoms with Gasteiger partial charge in [0, 0.05) is 19.3 Å². The molecule has 0 N–H and O–H groups in total. The number of ether oxygens (including phenoxy) is 3. The second kappa shape index (κ2) is 62.2. The highest BCUT2D eigenvalue weighted by atomic mass is 16.6. The maximum absolute atomic E-state index is 12.8. The van der Waals surface area contributed by atoms with Gasteiger partial charge in [0.2, 0.25) is 0 Å². The maximum Gasteiger partial charge on any atom is 0.306 e. The Bertz CT molecular complexity index is 1220. The van der Waals surface area contributed by atoms with E-state index in [2.05, 4.69) is 57.2 Å². The third-order valence-electron chi connectivity index (χ3n) is 14.7. The highest BCUT2D eigenvalue weighted by Crippen LogP contribution is 2.18. The number of esters is 3. The smallest absolute Gasteiger partial charge is 0.306 e. The quantitative estimate of drug-likeness (QED) is 0.0261. The molecule has 0 amide bonds. The summed E-state index contributed by atoms with van der Waals surface area (Å²) in [6.07, 6.45) is 76.6. The molecule has 0 aliphatic carbocycles. The third kappa shape index (κ3) is 60.4. The van der Waals surface area contributed by atoms with Crippen LogP contribution < -0.4 is 0 Å². The van der Waals surface area contributed by atoms with E-state index in [0.29, 0.717) is 19.3 Å². The van der Waals surface area contributed by atoms with Crippen LogP contribution in [0, 0.1) is 0 Å². The summed E-state index contributed by atoms with van der Waals surface area (Å²) in [6, 6.07) is 0. The second-order valence-corrected chi connectivity index (χ2v) is 22.0. The maximum atomic E-state index is 12.8. The van der Waals surface area contributed by atoms with Crippen LogP contribution >= 0.6 is 0 Å². The summed E-state index contributed by atoms with van der Waals surface area (Å²) in [4.78, 5) is 37.9. The monoisotopic (exact) mass is 1020 g/mol. The minimum absolute atomic E-state index is 0.0756. The number of allylic oxidation sites excluding steroid dienone is 6. The molecule has 0 aromatic rings. The van der Waals surface area contributed by atoms with Crippen LogP contribution in [0.1, 0.15) is 355 Å². The number of hydrogen-bond acceptors (Lipinski definition) is 6. The Morgan fingerprint density at radius 1 is 0.288 bits per heavy atom. The SMILES string of the molecule is CC/C=C\C/C=C\C/C=C\CCCCCCCC(=O)OC(COC(=O)CCCCCCCC)COC(=O)CCCCCCCCCCCCCCCCCCCCCCCCCCCCCCCCCCCC. The zero-order valence-electron chi connectivity index (χ0n) is 49.2. The van der Waals surface area contributed by atoms with Crippen molar-refractivity contribution in [3.63, 3.8) is 0 Å². The fourth-order valence-electron chi connectivity index (χ4n) is 9.81. The molecule has 0 aromatic heterocycles. The van der Waals surface area contributed by atoms with Crippen LogP contribution in [0.25, 0.3) is 0 Å². The van der Waals surface area contributed by atoms with Crippen molar-refractivity contribution in [3.8, 4) is 0 Å². The highest BCUT2D eigenvalue weighted by Gasteiger charge is 2.19. The number of rotatable bonds is 60. The lowest BCUT2D eigenvalue weighted by molar-refractivity contribution is -0.167. The van der Waals surface area contributed by atoms with Gasteiger partial charge in [0.15, 0.2) is 6.10 Å². The van der Waals surface area contributed by atoms with Crippen molar-refractivity contribution in [1.29, 1.82) is 0 Å². The molecular weight excluding hydrogens is 901 g/mol. The third-order valence-corrected chi connectivity index (χ3v) is 14.7. The Morgan fingerprint density at radius 2 is 0.534 bits per heavy atom. The van der Waals surface area contributed by atoms with Gasteiger partial charge < -0.3 is 14.2 Å². The van der Waals surface area contributed by atoms with Gasteiger partial charge in [-0.3, -0.25) is 14.4 Å². The van der Waals surface area contributed by atoms with Crippen molar-refractivity contribution in [3.05, 3.63) is 36.5 Å². The number of carbonyl (C=O) groups excluding carboxylic acids is 3. The van der Waals surface area contributed by atoms with Gasteiger partial charge in [0.1, 0.15) is 13.2 Å². The van der Waals surface area contributed by atoms with E-state index in [0.717, 1.165) is 96.3 Å². The van der Waals surface area contributed by atoms with Crippen LogP contribution in [0.3, 0.4) is 0 Å². The molecule has 0 heterocycles. The van der Waals surface area contributed by atoms with E-state index in [1.54, 1.807) is 0 Å². The molecule has 0 aromatic carbocycles. The number of unbranched alkanes of at least 4 members (excludes halogenated alkanes) is 43. The average Bonchev–Trinajstić information content (AvgIpc) is 3.39. The summed E-state index contributed by atoms with van der Waals surface area (Å²) in [5.41, 5.74) is 0. The fourth-order valence-corrected chi connectivity index (χ4v) is 9.81. The molecule has 0 radical (unpaired) electrons. The molecule has 0 rings (SSSR count). The van der Waals surface area contributed by atoms with Crippen LogP contribution in [-0.2, 0) is 28.6 Å². The average molecular weight is 1030 g/mol. The van der Waals surface area contributed by atoms with Crippen molar-refractivity contribution in [1.82, 2.24) is 0 Å². The molecular formula is C67H124O6. The first-order chi connectivity index (χ1) is 36.0. The Hall–Kier alpha value is -2.37. The van der Waals surface area contributed by atoms with Crippen LogP contribution in [0.4, 0.5) is 0 Å². The first kappa shape index (κ1) is 70.6. The summed E-state index contributed by atoms with van der Waals surface area (Å²) in [6.45, 7) is 6.50. The van der Waals surface area contributed by atoms with Gasteiger partial charge in [-0.1, -0.05) is 320 Å². The van der Waals surface area contributed by atoms with Crippen molar-refractivity contribution in [2.45, 2.75) is 361 Å². The first-order valence-electron chi connectivity index (χ1n) is 32.5. The van der Waals surface area contributed by atoms with E-state index >= 15 is 0 Å². The number of carbonyl (C=O) groups is 3. The van der Waals surface area contributed by atoms with Gasteiger partial charge in [0.05, 0.1) is 0 Å². The molecule has 1 atom stereocenters. The zero-order valence-corrected chi connectivity index (χ0v) is 49.2. The molecule has 1 unspecified atom stereocenters. The van der Waals surface area contributed by atoms with Gasteiger partial charge in [-0.15, -0.1) is 0 Å². The lowest BCUT2D eigenvalue weighted by Crippen LogP contribution is -2.30. The van der Waals surface area contributed by atoms with Gasteiger partial charge in [-0.05, 0) is 51.4 Å².